The third-order valence-electron chi connectivity index (χ3n) is 4.68. The van der Waals surface area contributed by atoms with E-state index in [1.54, 1.807) is 12.3 Å². The molecule has 152 valence electrons. The van der Waals surface area contributed by atoms with E-state index in [4.69, 9.17) is 4.74 Å². The van der Waals surface area contributed by atoms with Crippen molar-refractivity contribution in [3.63, 3.8) is 0 Å². The molecule has 0 saturated carbocycles. The molecule has 2 aromatic heterocycles. The van der Waals surface area contributed by atoms with E-state index in [0.717, 1.165) is 16.0 Å². The molecule has 4 aromatic rings. The van der Waals surface area contributed by atoms with Crippen molar-refractivity contribution in [2.75, 3.05) is 5.32 Å². The number of rotatable bonds is 5. The molecule has 0 bridgehead atoms. The smallest absolute Gasteiger partial charge is 0.258 e. The minimum absolute atomic E-state index is 0.124. The maximum absolute atomic E-state index is 12.7. The number of fused-ring (bicyclic) bond motifs is 1. The molecule has 4 rings (SSSR count). The molecule has 0 aliphatic carbocycles. The first-order valence-electron chi connectivity index (χ1n) is 9.50. The van der Waals surface area contributed by atoms with Crippen molar-refractivity contribution in [3.05, 3.63) is 92.3 Å². The van der Waals surface area contributed by atoms with Crippen LogP contribution in [0.4, 0.5) is 5.69 Å². The molecule has 0 spiro atoms. The number of nitrogens with one attached hydrogen (secondary N) is 1. The van der Waals surface area contributed by atoms with E-state index in [2.05, 4.69) is 10.3 Å². The third-order valence-corrected chi connectivity index (χ3v) is 5.58. The van der Waals surface area contributed by atoms with Crippen molar-refractivity contribution in [1.82, 2.24) is 9.38 Å². The van der Waals surface area contributed by atoms with Crippen LogP contribution in [0.25, 0.3) is 4.96 Å². The first-order valence-corrected chi connectivity index (χ1v) is 10.3. The first-order chi connectivity index (χ1) is 14.4. The van der Waals surface area contributed by atoms with Crippen molar-refractivity contribution >= 4 is 27.9 Å². The Balaban J connectivity index is 1.57. The van der Waals surface area contributed by atoms with Crippen LogP contribution in [0.15, 0.2) is 59.5 Å². The normalized spacial score (nSPS) is 10.9. The van der Waals surface area contributed by atoms with Gasteiger partial charge in [-0.05, 0) is 50.1 Å². The van der Waals surface area contributed by atoms with Crippen molar-refractivity contribution < 1.29 is 9.53 Å². The number of carbonyl (C=O) groups is 1. The number of carbonyl (C=O) groups excluding carboxylic acids is 1. The van der Waals surface area contributed by atoms with Crippen LogP contribution < -0.4 is 15.6 Å². The Labute approximate surface area is 177 Å². The Kier molecular flexibility index (Phi) is 5.37. The van der Waals surface area contributed by atoms with Crippen LogP contribution in [0.3, 0.4) is 0 Å². The van der Waals surface area contributed by atoms with E-state index in [0.29, 0.717) is 27.7 Å². The zero-order valence-corrected chi connectivity index (χ0v) is 17.7. The predicted molar refractivity (Wildman–Crippen MR) is 119 cm³/mol. The van der Waals surface area contributed by atoms with Gasteiger partial charge in [0.1, 0.15) is 12.4 Å². The van der Waals surface area contributed by atoms with Crippen LogP contribution in [0.1, 0.15) is 32.1 Å². The fraction of sp³-hybridized carbons (Fsp3) is 0.174. The van der Waals surface area contributed by atoms with E-state index in [1.807, 2.05) is 57.2 Å². The topological polar surface area (TPSA) is 72.7 Å². The Morgan fingerprint density at radius 3 is 2.73 bits per heavy atom. The maximum atomic E-state index is 12.7. The van der Waals surface area contributed by atoms with Crippen LogP contribution >= 0.6 is 11.3 Å². The summed E-state index contributed by atoms with van der Waals surface area (Å²) in [4.78, 5) is 31.2. The van der Waals surface area contributed by atoms with Gasteiger partial charge in [0.05, 0.1) is 11.4 Å². The molecule has 6 nitrogen and oxygen atoms in total. The average molecular weight is 420 g/mol. The highest BCUT2D eigenvalue weighted by atomic mass is 32.1. The average Bonchev–Trinajstić information content (AvgIpc) is 3.08. The highest BCUT2D eigenvalue weighted by Crippen LogP contribution is 2.27. The number of aryl methyl sites for hydroxylation is 3. The lowest BCUT2D eigenvalue weighted by Gasteiger charge is -2.14. The molecule has 0 fully saturated rings. The van der Waals surface area contributed by atoms with E-state index in [9.17, 15) is 9.59 Å². The fourth-order valence-electron chi connectivity index (χ4n) is 3.17. The molecule has 30 heavy (non-hydrogen) atoms. The van der Waals surface area contributed by atoms with Gasteiger partial charge in [-0.25, -0.2) is 4.98 Å². The lowest BCUT2D eigenvalue weighted by Crippen LogP contribution is -2.16. The lowest BCUT2D eigenvalue weighted by molar-refractivity contribution is 0.102. The second kappa shape index (κ2) is 8.12. The van der Waals surface area contributed by atoms with Gasteiger partial charge in [0, 0.05) is 22.7 Å². The summed E-state index contributed by atoms with van der Waals surface area (Å²) in [6, 6.07) is 14.5. The van der Waals surface area contributed by atoms with Crippen LogP contribution in [0.5, 0.6) is 5.75 Å². The summed E-state index contributed by atoms with van der Waals surface area (Å²) in [5.74, 6) is 0.322. The zero-order chi connectivity index (χ0) is 21.3. The summed E-state index contributed by atoms with van der Waals surface area (Å²) in [5.41, 5.74) is 3.48. The molecule has 0 unspecified atom stereocenters. The number of ether oxygens (including phenoxy) is 1. The summed E-state index contributed by atoms with van der Waals surface area (Å²) >= 11 is 1.45. The molecule has 1 N–H and O–H groups in total. The van der Waals surface area contributed by atoms with Crippen molar-refractivity contribution in [2.24, 2.45) is 0 Å². The Morgan fingerprint density at radius 1 is 1.13 bits per heavy atom. The number of amides is 1. The number of hydrogen-bond acceptors (Lipinski definition) is 5. The van der Waals surface area contributed by atoms with Gasteiger partial charge in [-0.2, -0.15) is 0 Å². The molecule has 0 aliphatic rings. The van der Waals surface area contributed by atoms with Gasteiger partial charge in [0.15, 0.2) is 4.96 Å². The van der Waals surface area contributed by atoms with Gasteiger partial charge in [0.25, 0.3) is 11.5 Å². The van der Waals surface area contributed by atoms with Crippen LogP contribution in [0, 0.1) is 20.8 Å². The quantitative estimate of drug-likeness (QED) is 0.516. The van der Waals surface area contributed by atoms with Gasteiger partial charge in [-0.3, -0.25) is 14.0 Å². The molecule has 1 amide bonds. The third kappa shape index (κ3) is 4.11. The van der Waals surface area contributed by atoms with Gasteiger partial charge in [-0.1, -0.05) is 24.3 Å². The lowest BCUT2D eigenvalue weighted by atomic mass is 10.1. The molecule has 2 aromatic carbocycles. The number of benzene rings is 2. The first kappa shape index (κ1) is 19.8. The van der Waals surface area contributed by atoms with Crippen molar-refractivity contribution in [1.29, 1.82) is 0 Å². The van der Waals surface area contributed by atoms with Gasteiger partial charge in [0.2, 0.25) is 0 Å². The van der Waals surface area contributed by atoms with Crippen molar-refractivity contribution in [2.45, 2.75) is 27.4 Å². The standard InChI is InChI=1S/C23H21N3O3S/c1-14-8-9-20(19(10-14)25-22(28)18-7-5-4-6-15(18)2)29-13-17-11-21(27)26-12-16(3)30-23(26)24-17/h4-12H,13H2,1-3H3,(H,25,28). The van der Waals surface area contributed by atoms with Gasteiger partial charge >= 0.3 is 0 Å². The zero-order valence-electron chi connectivity index (χ0n) is 16.9. The van der Waals surface area contributed by atoms with E-state index in [-0.39, 0.29) is 18.1 Å². The van der Waals surface area contributed by atoms with E-state index < -0.39 is 0 Å². The van der Waals surface area contributed by atoms with Crippen LogP contribution in [0.2, 0.25) is 0 Å². The Morgan fingerprint density at radius 2 is 1.93 bits per heavy atom. The highest BCUT2D eigenvalue weighted by Gasteiger charge is 2.13. The maximum Gasteiger partial charge on any atom is 0.258 e. The van der Waals surface area contributed by atoms with Crippen LogP contribution in [-0.4, -0.2) is 15.3 Å². The van der Waals surface area contributed by atoms with Crippen LogP contribution in [-0.2, 0) is 6.61 Å². The number of hydrogen-bond donors (Lipinski definition) is 1. The van der Waals surface area contributed by atoms with Gasteiger partial charge < -0.3 is 10.1 Å². The predicted octanol–water partition coefficient (Wildman–Crippen LogP) is 4.51. The Hall–Kier alpha value is -3.45. The molecule has 0 atom stereocenters. The monoisotopic (exact) mass is 419 g/mol. The molecule has 0 radical (unpaired) electrons. The summed E-state index contributed by atoms with van der Waals surface area (Å²) in [6.07, 6.45) is 1.78. The minimum Gasteiger partial charge on any atom is -0.485 e. The molecule has 0 aliphatic heterocycles. The number of anilines is 1. The van der Waals surface area contributed by atoms with E-state index in [1.165, 1.54) is 21.8 Å². The second-order valence-corrected chi connectivity index (χ2v) is 8.35. The molecular weight excluding hydrogens is 398 g/mol. The SMILES string of the molecule is Cc1ccc(OCc2cc(=O)n3cc(C)sc3n2)c(NC(=O)c2ccccc2C)c1. The van der Waals surface area contributed by atoms with Crippen molar-refractivity contribution in [3.8, 4) is 5.75 Å². The summed E-state index contributed by atoms with van der Waals surface area (Å²) < 4.78 is 7.47. The number of thiazole rings is 1. The molecule has 2 heterocycles. The fourth-order valence-corrected chi connectivity index (χ4v) is 4.02. The summed E-state index contributed by atoms with van der Waals surface area (Å²) in [5, 5.41) is 2.94. The minimum atomic E-state index is -0.199. The second-order valence-electron chi connectivity index (χ2n) is 7.14. The highest BCUT2D eigenvalue weighted by molar-refractivity contribution is 7.16. The molecule has 0 saturated heterocycles. The largest absolute Gasteiger partial charge is 0.485 e. The molecular formula is C23H21N3O3S. The Bertz CT molecular complexity index is 1310. The summed E-state index contributed by atoms with van der Waals surface area (Å²) in [6.45, 7) is 5.90. The molecule has 7 heteroatoms. The van der Waals surface area contributed by atoms with E-state index >= 15 is 0 Å². The van der Waals surface area contributed by atoms with Gasteiger partial charge in [-0.15, -0.1) is 11.3 Å². The number of nitrogens with zero attached hydrogens (tertiary/aromatic N) is 2. The summed E-state index contributed by atoms with van der Waals surface area (Å²) in [7, 11) is 0. The number of aromatic nitrogens is 2.